The molecule has 9 heteroatoms. The monoisotopic (exact) mass is 447 g/mol. The highest BCUT2D eigenvalue weighted by atomic mass is 19.1. The van der Waals surface area contributed by atoms with E-state index in [2.05, 4.69) is 5.32 Å². The molecule has 1 aliphatic heterocycles. The van der Waals surface area contributed by atoms with Crippen LogP contribution in [0.25, 0.3) is 0 Å². The number of halogens is 2. The van der Waals surface area contributed by atoms with Gasteiger partial charge in [-0.1, -0.05) is 18.2 Å². The zero-order valence-electron chi connectivity index (χ0n) is 18.1. The molecule has 0 fully saturated rings. The van der Waals surface area contributed by atoms with E-state index in [4.69, 9.17) is 0 Å². The van der Waals surface area contributed by atoms with E-state index in [1.165, 1.54) is 24.1 Å². The van der Waals surface area contributed by atoms with E-state index < -0.39 is 23.3 Å². The number of nitrogens with one attached hydrogen (secondary N) is 1. The van der Waals surface area contributed by atoms with Gasteiger partial charge in [0, 0.05) is 49.1 Å². The molecule has 0 bridgehead atoms. The molecular formula is C23H27F2N3O4. The maximum Gasteiger partial charge on any atom is 0.248 e. The molecule has 0 saturated heterocycles. The van der Waals surface area contributed by atoms with Gasteiger partial charge in [-0.2, -0.15) is 0 Å². The minimum absolute atomic E-state index is 0.114. The van der Waals surface area contributed by atoms with Crippen LogP contribution < -0.4 is 5.32 Å². The van der Waals surface area contributed by atoms with Crippen LogP contribution >= 0.6 is 0 Å². The van der Waals surface area contributed by atoms with E-state index in [1.807, 2.05) is 24.1 Å². The van der Waals surface area contributed by atoms with Gasteiger partial charge in [-0.05, 0) is 32.9 Å². The summed E-state index contributed by atoms with van der Waals surface area (Å²) in [5, 5.41) is 12.5. The van der Waals surface area contributed by atoms with E-state index >= 15 is 0 Å². The Labute approximate surface area is 185 Å². The average Bonchev–Trinajstić information content (AvgIpc) is 2.74. The first kappa shape index (κ1) is 24.9. The first-order valence-electron chi connectivity index (χ1n) is 10.1. The molecule has 1 aliphatic rings. The Morgan fingerprint density at radius 2 is 2.03 bits per heavy atom. The number of likely N-dealkylation sites (N-methyl/N-ethyl adjacent to an activating group) is 1. The van der Waals surface area contributed by atoms with Gasteiger partial charge >= 0.3 is 0 Å². The molecule has 0 radical (unpaired) electrons. The third-order valence-electron chi connectivity index (χ3n) is 5.08. The predicted octanol–water partition coefficient (Wildman–Crippen LogP) is 2.60. The summed E-state index contributed by atoms with van der Waals surface area (Å²) < 4.78 is 26.9. The van der Waals surface area contributed by atoms with Crippen LogP contribution in [0.15, 0.2) is 53.6 Å². The molecule has 1 aromatic carbocycles. The molecule has 7 nitrogen and oxygen atoms in total. The fourth-order valence-electron chi connectivity index (χ4n) is 3.33. The van der Waals surface area contributed by atoms with Gasteiger partial charge in [0.05, 0.1) is 0 Å². The summed E-state index contributed by atoms with van der Waals surface area (Å²) in [6.45, 7) is 2.63. The van der Waals surface area contributed by atoms with Crippen molar-refractivity contribution in [2.24, 2.45) is 0 Å². The summed E-state index contributed by atoms with van der Waals surface area (Å²) >= 11 is 0. The number of allylic oxidation sites excluding steroid dienone is 2. The van der Waals surface area contributed by atoms with Crippen LogP contribution in [0.3, 0.4) is 0 Å². The lowest BCUT2D eigenvalue weighted by atomic mass is 10.1. The van der Waals surface area contributed by atoms with Gasteiger partial charge in [0.2, 0.25) is 5.91 Å². The molecule has 2 rings (SSSR count). The van der Waals surface area contributed by atoms with E-state index in [0.717, 1.165) is 25.1 Å². The van der Waals surface area contributed by atoms with Crippen LogP contribution in [0, 0.1) is 11.6 Å². The van der Waals surface area contributed by atoms with Crippen LogP contribution in [0.2, 0.25) is 0 Å². The zero-order valence-corrected chi connectivity index (χ0v) is 18.1. The molecular weight excluding hydrogens is 420 g/mol. The third kappa shape index (κ3) is 6.84. The van der Waals surface area contributed by atoms with E-state index in [9.17, 15) is 28.3 Å². The molecule has 1 aromatic rings. The minimum atomic E-state index is -0.778. The second-order valence-electron chi connectivity index (χ2n) is 7.56. The van der Waals surface area contributed by atoms with Gasteiger partial charge in [0.25, 0.3) is 0 Å². The number of amides is 1. The first-order valence-corrected chi connectivity index (χ1v) is 10.1. The Bertz CT molecular complexity index is 943. The molecule has 32 heavy (non-hydrogen) atoms. The number of hydrogen-bond acceptors (Lipinski definition) is 6. The van der Waals surface area contributed by atoms with Crippen molar-refractivity contribution in [3.8, 4) is 0 Å². The van der Waals surface area contributed by atoms with E-state index in [1.54, 1.807) is 0 Å². The maximum absolute atomic E-state index is 13.8. The summed E-state index contributed by atoms with van der Waals surface area (Å²) in [6, 6.07) is 2.73. The predicted molar refractivity (Wildman–Crippen MR) is 115 cm³/mol. The summed E-state index contributed by atoms with van der Waals surface area (Å²) in [6.07, 6.45) is 7.25. The number of aldehydes is 2. The Balaban J connectivity index is 2.29. The van der Waals surface area contributed by atoms with Crippen molar-refractivity contribution in [3.63, 3.8) is 0 Å². The number of benzene rings is 1. The van der Waals surface area contributed by atoms with Gasteiger partial charge in [-0.25, -0.2) is 8.78 Å². The number of carbonyl (C=O) groups is 3. The number of carbonyl (C=O) groups excluding carboxylic acids is 3. The van der Waals surface area contributed by atoms with Crippen LogP contribution in [-0.2, 0) is 20.9 Å². The summed E-state index contributed by atoms with van der Waals surface area (Å²) in [5.41, 5.74) is 0.0200. The second kappa shape index (κ2) is 11.9. The van der Waals surface area contributed by atoms with Crippen molar-refractivity contribution in [2.45, 2.75) is 32.4 Å². The number of aliphatic hydroxyl groups excluding tert-OH is 1. The van der Waals surface area contributed by atoms with Crippen molar-refractivity contribution in [2.75, 3.05) is 20.1 Å². The van der Waals surface area contributed by atoms with Crippen LogP contribution in [0.5, 0.6) is 0 Å². The SMILES string of the molecule is C/C(=C\N(/C(C=O)=C(/O)C=O)C1C/C=C\CCN(C)C1)C(=O)NCc1ccc(F)cc1F. The van der Waals surface area contributed by atoms with Crippen molar-refractivity contribution in [3.05, 3.63) is 70.8 Å². The average molecular weight is 447 g/mol. The topological polar surface area (TPSA) is 90.0 Å². The molecule has 0 aliphatic carbocycles. The molecule has 1 heterocycles. The van der Waals surface area contributed by atoms with Crippen molar-refractivity contribution in [1.29, 1.82) is 0 Å². The van der Waals surface area contributed by atoms with Gasteiger partial charge in [-0.3, -0.25) is 14.4 Å². The van der Waals surface area contributed by atoms with Gasteiger partial charge in [0.1, 0.15) is 17.3 Å². The summed E-state index contributed by atoms with van der Waals surface area (Å²) in [4.78, 5) is 38.9. The molecule has 0 aromatic heterocycles. The highest BCUT2D eigenvalue weighted by Crippen LogP contribution is 2.19. The molecule has 2 N–H and O–H groups in total. The smallest absolute Gasteiger partial charge is 0.248 e. The number of rotatable bonds is 8. The van der Waals surface area contributed by atoms with Crippen LogP contribution in [0.4, 0.5) is 8.78 Å². The van der Waals surface area contributed by atoms with Crippen molar-refractivity contribution in [1.82, 2.24) is 15.1 Å². The first-order chi connectivity index (χ1) is 15.3. The van der Waals surface area contributed by atoms with Gasteiger partial charge in [-0.15, -0.1) is 0 Å². The van der Waals surface area contributed by atoms with Crippen molar-refractivity contribution < 1.29 is 28.3 Å². The third-order valence-corrected chi connectivity index (χ3v) is 5.08. The standard InChI is InChI=1S/C23H27F2N3O4/c1-16(23(32)26-11-17-7-8-18(24)10-20(17)25)12-28(21(14-29)22(31)15-30)19-6-4-3-5-9-27(2)13-19/h3-4,7-8,10,12,14-15,19,31H,5-6,9,11,13H2,1-2H3,(H,26,32)/b4-3-,16-12+,22-21+. The Kier molecular flexibility index (Phi) is 9.27. The van der Waals surface area contributed by atoms with Crippen LogP contribution in [0.1, 0.15) is 25.3 Å². The lowest BCUT2D eigenvalue weighted by Gasteiger charge is -2.34. The Morgan fingerprint density at radius 1 is 1.28 bits per heavy atom. The quantitative estimate of drug-likeness (QED) is 0.276. The van der Waals surface area contributed by atoms with Crippen molar-refractivity contribution >= 4 is 18.5 Å². The largest absolute Gasteiger partial charge is 0.503 e. The molecule has 1 unspecified atom stereocenters. The van der Waals surface area contributed by atoms with E-state index in [-0.39, 0.29) is 35.7 Å². The lowest BCUT2D eigenvalue weighted by molar-refractivity contribution is -0.117. The highest BCUT2D eigenvalue weighted by Gasteiger charge is 2.24. The molecule has 1 amide bonds. The number of hydrogen-bond donors (Lipinski definition) is 2. The molecule has 0 spiro atoms. The fourth-order valence-corrected chi connectivity index (χ4v) is 3.33. The summed E-state index contributed by atoms with van der Waals surface area (Å²) in [7, 11) is 1.91. The molecule has 1 atom stereocenters. The van der Waals surface area contributed by atoms with E-state index in [0.29, 0.717) is 19.3 Å². The summed E-state index contributed by atoms with van der Waals surface area (Å²) in [5.74, 6) is -2.79. The lowest BCUT2D eigenvalue weighted by Crippen LogP contribution is -2.42. The normalized spacial score (nSPS) is 19.2. The molecule has 0 saturated carbocycles. The Hall–Kier alpha value is -3.33. The Morgan fingerprint density at radius 3 is 2.69 bits per heavy atom. The second-order valence-corrected chi connectivity index (χ2v) is 7.56. The number of nitrogens with zero attached hydrogens (tertiary/aromatic N) is 2. The zero-order chi connectivity index (χ0) is 23.7. The molecule has 172 valence electrons. The highest BCUT2D eigenvalue weighted by molar-refractivity contribution is 5.93. The maximum atomic E-state index is 13.8. The van der Waals surface area contributed by atoms with Gasteiger partial charge in [0.15, 0.2) is 18.3 Å². The minimum Gasteiger partial charge on any atom is -0.503 e. The number of aliphatic hydroxyl groups is 1. The fraction of sp³-hybridized carbons (Fsp3) is 0.348. The van der Waals surface area contributed by atoms with Gasteiger partial charge < -0.3 is 20.2 Å². The van der Waals surface area contributed by atoms with Crippen LogP contribution in [-0.4, -0.2) is 59.6 Å².